The van der Waals surface area contributed by atoms with Gasteiger partial charge in [0.05, 0.1) is 10.7 Å². The number of nitrogens with one attached hydrogen (secondary N) is 1. The normalized spacial score (nSPS) is 13.2. The minimum atomic E-state index is -0.378. The van der Waals surface area contributed by atoms with Gasteiger partial charge in [0.2, 0.25) is 5.91 Å². The number of rotatable bonds is 3. The fraction of sp³-hybridized carbons (Fsp3) is 0.0588. The summed E-state index contributed by atoms with van der Waals surface area (Å²) in [7, 11) is 0. The van der Waals surface area contributed by atoms with Crippen LogP contribution in [0.5, 0.6) is 0 Å². The molecule has 2 aromatic rings. The molecule has 2 aromatic carbocycles. The van der Waals surface area contributed by atoms with Crippen molar-refractivity contribution in [1.82, 2.24) is 4.90 Å². The number of carbonyl (C=O) groups is 2. The molecule has 1 aliphatic rings. The summed E-state index contributed by atoms with van der Waals surface area (Å²) in [5.74, 6) is -0.616. The third-order valence-electron chi connectivity index (χ3n) is 3.54. The summed E-state index contributed by atoms with van der Waals surface area (Å²) < 4.78 is 0. The third kappa shape index (κ3) is 2.96. The van der Waals surface area contributed by atoms with Crippen molar-refractivity contribution >= 4 is 46.4 Å². The third-order valence-corrected chi connectivity index (χ3v) is 4.11. The van der Waals surface area contributed by atoms with Crippen molar-refractivity contribution in [1.29, 1.82) is 0 Å². The Labute approximate surface area is 143 Å². The molecule has 0 spiro atoms. The number of anilines is 1. The Morgan fingerprint density at radius 3 is 2.52 bits per heavy atom. The van der Waals surface area contributed by atoms with Crippen molar-refractivity contribution in [2.75, 3.05) is 11.9 Å². The van der Waals surface area contributed by atoms with Crippen molar-refractivity contribution in [2.24, 2.45) is 0 Å². The molecule has 4 nitrogen and oxygen atoms in total. The number of benzene rings is 2. The van der Waals surface area contributed by atoms with Gasteiger partial charge >= 0.3 is 0 Å². The number of amides is 2. The summed E-state index contributed by atoms with van der Waals surface area (Å²) in [5.41, 5.74) is 2.20. The molecule has 0 bridgehead atoms. The van der Waals surface area contributed by atoms with Crippen molar-refractivity contribution in [2.45, 2.75) is 0 Å². The lowest BCUT2D eigenvalue weighted by Gasteiger charge is -2.17. The largest absolute Gasteiger partial charge is 0.323 e. The van der Waals surface area contributed by atoms with Gasteiger partial charge in [0.1, 0.15) is 6.54 Å². The number of carbonyl (C=O) groups excluding carboxylic acids is 2. The van der Waals surface area contributed by atoms with E-state index in [0.29, 0.717) is 27.0 Å². The number of nitrogens with zero attached hydrogens (tertiary/aromatic N) is 1. The van der Waals surface area contributed by atoms with E-state index in [1.165, 1.54) is 4.90 Å². The Hall–Kier alpha value is -2.30. The van der Waals surface area contributed by atoms with E-state index in [1.807, 2.05) is 6.07 Å². The molecule has 23 heavy (non-hydrogen) atoms. The average Bonchev–Trinajstić information content (AvgIpc) is 2.76. The SMILES string of the molecule is C=C1c2ccccc2C(=O)N1CC(=O)Nc1cc(Cl)ccc1Cl. The van der Waals surface area contributed by atoms with Crippen LogP contribution in [0.15, 0.2) is 49.0 Å². The summed E-state index contributed by atoms with van der Waals surface area (Å²) in [5, 5.41) is 3.49. The van der Waals surface area contributed by atoms with Crippen LogP contribution in [0.25, 0.3) is 5.70 Å². The van der Waals surface area contributed by atoms with Crippen LogP contribution in [0.4, 0.5) is 5.69 Å². The van der Waals surface area contributed by atoms with Crippen molar-refractivity contribution < 1.29 is 9.59 Å². The number of halogens is 2. The fourth-order valence-corrected chi connectivity index (χ4v) is 2.77. The van der Waals surface area contributed by atoms with E-state index in [0.717, 1.165) is 5.56 Å². The zero-order valence-electron chi connectivity index (χ0n) is 12.0. The first-order valence-electron chi connectivity index (χ1n) is 6.82. The highest BCUT2D eigenvalue weighted by Crippen LogP contribution is 2.31. The van der Waals surface area contributed by atoms with Gasteiger partial charge in [-0.25, -0.2) is 0 Å². The van der Waals surface area contributed by atoms with E-state index >= 15 is 0 Å². The first-order chi connectivity index (χ1) is 11.0. The van der Waals surface area contributed by atoms with Crippen LogP contribution < -0.4 is 5.32 Å². The molecular formula is C17H12Cl2N2O2. The van der Waals surface area contributed by atoms with E-state index in [-0.39, 0.29) is 18.4 Å². The molecule has 1 N–H and O–H groups in total. The Morgan fingerprint density at radius 1 is 1.13 bits per heavy atom. The number of hydrogen-bond acceptors (Lipinski definition) is 2. The lowest BCUT2D eigenvalue weighted by Crippen LogP contribution is -2.32. The van der Waals surface area contributed by atoms with Gasteiger partial charge in [-0.2, -0.15) is 0 Å². The highest BCUT2D eigenvalue weighted by Gasteiger charge is 2.31. The van der Waals surface area contributed by atoms with E-state index in [9.17, 15) is 9.59 Å². The van der Waals surface area contributed by atoms with Crippen LogP contribution in [0, 0.1) is 0 Å². The second kappa shape index (κ2) is 6.07. The maximum absolute atomic E-state index is 12.4. The molecule has 0 aromatic heterocycles. The second-order valence-corrected chi connectivity index (χ2v) is 5.90. The van der Waals surface area contributed by atoms with E-state index in [4.69, 9.17) is 23.2 Å². The molecule has 0 saturated heterocycles. The van der Waals surface area contributed by atoms with Gasteiger partial charge in [-0.1, -0.05) is 48.0 Å². The molecule has 0 unspecified atom stereocenters. The molecule has 3 rings (SSSR count). The van der Waals surface area contributed by atoms with Gasteiger partial charge in [0, 0.05) is 21.8 Å². The predicted octanol–water partition coefficient (Wildman–Crippen LogP) is 4.06. The number of fused-ring (bicyclic) bond motifs is 1. The molecule has 0 saturated carbocycles. The van der Waals surface area contributed by atoms with Crippen LogP contribution >= 0.6 is 23.2 Å². The minimum absolute atomic E-state index is 0.144. The van der Waals surface area contributed by atoms with E-state index < -0.39 is 0 Å². The first kappa shape index (κ1) is 15.6. The fourth-order valence-electron chi connectivity index (χ4n) is 2.43. The highest BCUT2D eigenvalue weighted by atomic mass is 35.5. The molecule has 1 heterocycles. The zero-order chi connectivity index (χ0) is 16.6. The predicted molar refractivity (Wildman–Crippen MR) is 91.6 cm³/mol. The van der Waals surface area contributed by atoms with Crippen LogP contribution in [-0.4, -0.2) is 23.3 Å². The molecular weight excluding hydrogens is 335 g/mol. The summed E-state index contributed by atoms with van der Waals surface area (Å²) in [4.78, 5) is 25.9. The van der Waals surface area contributed by atoms with Crippen LogP contribution in [0.3, 0.4) is 0 Å². The Balaban J connectivity index is 1.76. The van der Waals surface area contributed by atoms with Gasteiger partial charge < -0.3 is 5.32 Å². The summed E-state index contributed by atoms with van der Waals surface area (Å²) in [6.07, 6.45) is 0. The monoisotopic (exact) mass is 346 g/mol. The van der Waals surface area contributed by atoms with E-state index in [2.05, 4.69) is 11.9 Å². The maximum Gasteiger partial charge on any atom is 0.259 e. The number of hydrogen-bond donors (Lipinski definition) is 1. The molecule has 6 heteroatoms. The highest BCUT2D eigenvalue weighted by molar-refractivity contribution is 6.35. The van der Waals surface area contributed by atoms with Gasteiger partial charge in [0.15, 0.2) is 0 Å². The molecule has 0 fully saturated rings. The molecule has 0 atom stereocenters. The van der Waals surface area contributed by atoms with Gasteiger partial charge in [0.25, 0.3) is 5.91 Å². The molecule has 1 aliphatic heterocycles. The summed E-state index contributed by atoms with van der Waals surface area (Å²) >= 11 is 11.9. The van der Waals surface area contributed by atoms with Crippen molar-refractivity contribution in [3.8, 4) is 0 Å². The topological polar surface area (TPSA) is 49.4 Å². The average molecular weight is 347 g/mol. The maximum atomic E-state index is 12.4. The summed E-state index contributed by atoms with van der Waals surface area (Å²) in [6.45, 7) is 3.75. The lowest BCUT2D eigenvalue weighted by molar-refractivity contribution is -0.116. The minimum Gasteiger partial charge on any atom is -0.323 e. The van der Waals surface area contributed by atoms with Crippen molar-refractivity contribution in [3.63, 3.8) is 0 Å². The molecule has 116 valence electrons. The standard InChI is InChI=1S/C17H12Cl2N2O2/c1-10-12-4-2-3-5-13(12)17(23)21(10)9-16(22)20-15-8-11(18)6-7-14(15)19/h2-8H,1,9H2,(H,20,22). The van der Waals surface area contributed by atoms with Crippen LogP contribution in [0.1, 0.15) is 15.9 Å². The summed E-state index contributed by atoms with van der Waals surface area (Å²) in [6, 6.07) is 11.9. The van der Waals surface area contributed by atoms with Crippen LogP contribution in [0.2, 0.25) is 10.0 Å². The first-order valence-corrected chi connectivity index (χ1v) is 7.58. The van der Waals surface area contributed by atoms with Gasteiger partial charge in [-0.05, 0) is 24.3 Å². The molecule has 2 amide bonds. The Morgan fingerprint density at radius 2 is 1.83 bits per heavy atom. The zero-order valence-corrected chi connectivity index (χ0v) is 13.5. The van der Waals surface area contributed by atoms with Crippen molar-refractivity contribution in [3.05, 3.63) is 70.2 Å². The lowest BCUT2D eigenvalue weighted by atomic mass is 10.1. The smallest absolute Gasteiger partial charge is 0.259 e. The molecule has 0 radical (unpaired) electrons. The van der Waals surface area contributed by atoms with Gasteiger partial charge in [-0.3, -0.25) is 14.5 Å². The second-order valence-electron chi connectivity index (χ2n) is 5.06. The van der Waals surface area contributed by atoms with Gasteiger partial charge in [-0.15, -0.1) is 0 Å². The van der Waals surface area contributed by atoms with E-state index in [1.54, 1.807) is 36.4 Å². The van der Waals surface area contributed by atoms with Crippen LogP contribution in [-0.2, 0) is 4.79 Å². The quantitative estimate of drug-likeness (QED) is 0.910. The Kier molecular flexibility index (Phi) is 4.11. The molecule has 0 aliphatic carbocycles. The Bertz CT molecular complexity index is 798.